The third kappa shape index (κ3) is 1.31. The second-order valence-corrected chi connectivity index (χ2v) is 1.64. The second kappa shape index (κ2) is 2.42. The van der Waals surface area contributed by atoms with Gasteiger partial charge < -0.3 is 0 Å². The molecule has 2 N–H and O–H groups in total. The lowest BCUT2D eigenvalue weighted by Gasteiger charge is -1.86. The summed E-state index contributed by atoms with van der Waals surface area (Å²) >= 11 is 4.68. The average molecular weight is 128 g/mol. The van der Waals surface area contributed by atoms with Crippen LogP contribution in [-0.4, -0.2) is 4.16 Å². The molecule has 0 amide bonds. The van der Waals surface area contributed by atoms with Crippen molar-refractivity contribution in [2.75, 3.05) is 0 Å². The van der Waals surface area contributed by atoms with E-state index in [0.717, 1.165) is 0 Å². The van der Waals surface area contributed by atoms with Gasteiger partial charge in [0.2, 0.25) is 0 Å². The summed E-state index contributed by atoms with van der Waals surface area (Å²) in [6.07, 6.45) is 7.17. The second-order valence-electron chi connectivity index (χ2n) is 1.27. The van der Waals surface area contributed by atoms with E-state index in [2.05, 4.69) is 23.3 Å². The van der Waals surface area contributed by atoms with Crippen LogP contribution >= 0.6 is 0 Å². The van der Waals surface area contributed by atoms with Crippen molar-refractivity contribution in [1.29, 1.82) is 0 Å². The summed E-state index contributed by atoms with van der Waals surface area (Å²) in [5, 5.41) is 0. The molecule has 0 fully saturated rings. The van der Waals surface area contributed by atoms with E-state index < -0.39 is 0 Å². The molecule has 0 bridgehead atoms. The zero-order valence-corrected chi connectivity index (χ0v) is 4.98. The molecule has 1 heterocycles. The molecule has 1 rings (SSSR count). The first-order chi connectivity index (χ1) is 3.89. The smallest absolute Gasteiger partial charge is 0.131 e. The van der Waals surface area contributed by atoms with E-state index >= 15 is 0 Å². The van der Waals surface area contributed by atoms with Crippen molar-refractivity contribution in [3.63, 3.8) is 0 Å². The number of nitrogens with zero attached hydrogens (tertiary/aromatic N) is 1. The van der Waals surface area contributed by atoms with Crippen LogP contribution in [0.25, 0.3) is 0 Å². The molecule has 0 aromatic heterocycles. The Labute approximate surface area is 52.8 Å². The Hall–Kier alpha value is -0.900. The normalized spacial score (nSPS) is 16.8. The quantitative estimate of drug-likeness (QED) is 0.442. The molecule has 3 nitrogen and oxygen atoms in total. The zero-order chi connectivity index (χ0) is 5.82. The van der Waals surface area contributed by atoms with Crippen LogP contribution in [0.5, 0.6) is 0 Å². The highest BCUT2D eigenvalue weighted by Gasteiger charge is 1.93. The van der Waals surface area contributed by atoms with Crippen molar-refractivity contribution in [3.8, 4) is 0 Å². The third-order valence-corrected chi connectivity index (χ3v) is 0.898. The van der Waals surface area contributed by atoms with E-state index in [9.17, 15) is 0 Å². The molecule has 0 aromatic carbocycles. The Morgan fingerprint density at radius 3 is 2.12 bits per heavy atom. The van der Waals surface area contributed by atoms with E-state index in [-0.39, 0.29) is 0 Å². The van der Waals surface area contributed by atoms with Gasteiger partial charge in [-0.15, -0.1) is 10.9 Å². The molecule has 0 unspecified atom stereocenters. The van der Waals surface area contributed by atoms with Gasteiger partial charge in [0.15, 0.2) is 0 Å². The highest BCUT2D eigenvalue weighted by molar-refractivity contribution is 7.44. The number of hydrazine groups is 2. The Morgan fingerprint density at radius 2 is 1.62 bits per heavy atom. The Kier molecular flexibility index (Phi) is 1.58. The number of nitrogens with one attached hydrogen (secondary N) is 2. The molecule has 0 atom stereocenters. The molecule has 4 heteroatoms. The van der Waals surface area contributed by atoms with Crippen LogP contribution in [0.2, 0.25) is 0 Å². The van der Waals surface area contributed by atoms with E-state index in [1.807, 2.05) is 12.2 Å². The van der Waals surface area contributed by atoms with Gasteiger partial charge in [0.05, 0.1) is 16.6 Å². The van der Waals surface area contributed by atoms with Crippen molar-refractivity contribution in [2.24, 2.45) is 0 Å². The van der Waals surface area contributed by atoms with Gasteiger partial charge in [-0.2, -0.15) is 0 Å². The van der Waals surface area contributed by atoms with Gasteiger partial charge in [-0.1, -0.05) is 0 Å². The van der Waals surface area contributed by atoms with Crippen LogP contribution in [-0.2, 0) is 12.4 Å². The SMILES string of the molecule is S=[N+]1NC=CC=CN1. The maximum atomic E-state index is 4.68. The summed E-state index contributed by atoms with van der Waals surface area (Å²) in [7, 11) is 0. The Bertz CT molecular complexity index is 133. The molecule has 42 valence electrons. The fourth-order valence-corrected chi connectivity index (χ4v) is 0.492. The maximum absolute atomic E-state index is 4.68. The van der Waals surface area contributed by atoms with Crippen LogP contribution in [0.1, 0.15) is 0 Å². The maximum Gasteiger partial charge on any atom is 0.334 e. The highest BCUT2D eigenvalue weighted by Crippen LogP contribution is 1.75. The van der Waals surface area contributed by atoms with Gasteiger partial charge in [-0.25, -0.2) is 0 Å². The van der Waals surface area contributed by atoms with Crippen molar-refractivity contribution in [1.82, 2.24) is 10.9 Å². The van der Waals surface area contributed by atoms with Crippen LogP contribution in [0, 0.1) is 0 Å². The topological polar surface area (TPSA) is 27.1 Å². The molecule has 0 aliphatic carbocycles. The number of rotatable bonds is 0. The van der Waals surface area contributed by atoms with Crippen molar-refractivity contribution >= 4 is 12.4 Å². The molecule has 0 aromatic rings. The molecule has 1 aliphatic heterocycles. The van der Waals surface area contributed by atoms with Gasteiger partial charge in [-0.05, 0) is 12.2 Å². The summed E-state index contributed by atoms with van der Waals surface area (Å²) in [5.41, 5.74) is 5.48. The summed E-state index contributed by atoms with van der Waals surface area (Å²) in [6.45, 7) is 0. The summed E-state index contributed by atoms with van der Waals surface area (Å²) in [4.78, 5) is 0. The van der Waals surface area contributed by atoms with Crippen molar-refractivity contribution in [3.05, 3.63) is 24.6 Å². The van der Waals surface area contributed by atoms with E-state index in [1.165, 1.54) is 4.16 Å². The van der Waals surface area contributed by atoms with Gasteiger partial charge in [0.25, 0.3) is 0 Å². The van der Waals surface area contributed by atoms with Crippen molar-refractivity contribution in [2.45, 2.75) is 0 Å². The summed E-state index contributed by atoms with van der Waals surface area (Å²) in [5.74, 6) is 0. The van der Waals surface area contributed by atoms with Gasteiger partial charge >= 0.3 is 12.4 Å². The molecule has 0 radical (unpaired) electrons. The minimum Gasteiger partial charge on any atom is -0.131 e. The largest absolute Gasteiger partial charge is 0.334 e. The predicted molar refractivity (Wildman–Crippen MR) is 32.2 cm³/mol. The minimum absolute atomic E-state index is 1.33. The van der Waals surface area contributed by atoms with Crippen LogP contribution in [0.3, 0.4) is 0 Å². The molecule has 0 spiro atoms. The lowest BCUT2D eigenvalue weighted by atomic mass is 10.6. The average Bonchev–Trinajstić information content (AvgIpc) is 1.94. The van der Waals surface area contributed by atoms with Gasteiger partial charge in [-0.3, -0.25) is 0 Å². The number of hydrogen-bond donors (Lipinski definition) is 2. The number of hydrogen-bond acceptors (Lipinski definition) is 1. The summed E-state index contributed by atoms with van der Waals surface area (Å²) < 4.78 is 1.33. The first-order valence-corrected chi connectivity index (χ1v) is 2.57. The third-order valence-electron chi connectivity index (χ3n) is 0.687. The molecular weight excluding hydrogens is 122 g/mol. The van der Waals surface area contributed by atoms with E-state index in [0.29, 0.717) is 0 Å². The lowest BCUT2D eigenvalue weighted by molar-refractivity contribution is -0.596. The zero-order valence-electron chi connectivity index (χ0n) is 4.16. The summed E-state index contributed by atoms with van der Waals surface area (Å²) in [6, 6.07) is 0. The first-order valence-electron chi connectivity index (χ1n) is 2.21. The first kappa shape index (κ1) is 5.24. The van der Waals surface area contributed by atoms with Crippen molar-refractivity contribution < 1.29 is 4.16 Å². The molecule has 8 heavy (non-hydrogen) atoms. The van der Waals surface area contributed by atoms with E-state index in [4.69, 9.17) is 0 Å². The number of allylic oxidation sites excluding steroid dienone is 2. The van der Waals surface area contributed by atoms with Crippen LogP contribution < -0.4 is 10.9 Å². The predicted octanol–water partition coefficient (Wildman–Crippen LogP) is -0.220. The lowest BCUT2D eigenvalue weighted by Crippen LogP contribution is -2.29. The molecule has 1 aliphatic rings. The molecular formula is C4H6N3S+. The van der Waals surface area contributed by atoms with Crippen LogP contribution in [0.15, 0.2) is 24.6 Å². The van der Waals surface area contributed by atoms with Crippen LogP contribution in [0.4, 0.5) is 0 Å². The van der Waals surface area contributed by atoms with Gasteiger partial charge in [0.1, 0.15) is 0 Å². The highest BCUT2D eigenvalue weighted by atomic mass is 32.1. The molecule has 0 saturated carbocycles. The standard InChI is InChI=1S/C4H6N3S/c8-7-5-3-1-2-4-6-7/h1-4H,(H2,5,6,8)/q+1. The van der Waals surface area contributed by atoms with E-state index in [1.54, 1.807) is 12.4 Å². The minimum atomic E-state index is 1.33. The Morgan fingerprint density at radius 1 is 1.12 bits per heavy atom. The fourth-order valence-electron chi connectivity index (χ4n) is 0.370. The Balaban J connectivity index is 2.58. The fraction of sp³-hybridized carbons (Fsp3) is 0. The molecule has 0 saturated heterocycles. The monoisotopic (exact) mass is 128 g/mol. The van der Waals surface area contributed by atoms with Gasteiger partial charge in [0, 0.05) is 0 Å².